The lowest BCUT2D eigenvalue weighted by Gasteiger charge is -2.06. The van der Waals surface area contributed by atoms with Gasteiger partial charge in [-0.25, -0.2) is 4.98 Å². The number of carbonyl (C=O) groups excluding carboxylic acids is 2. The number of fused-ring (bicyclic) bond motifs is 1. The highest BCUT2D eigenvalue weighted by atomic mass is 32.1. The number of rotatable bonds is 6. The van der Waals surface area contributed by atoms with Gasteiger partial charge in [0.2, 0.25) is 5.91 Å². The van der Waals surface area contributed by atoms with Crippen LogP contribution in [0.5, 0.6) is 5.75 Å². The molecule has 3 aromatic rings. The monoisotopic (exact) mass is 357 g/mol. The standard InChI is InChI=1S/C18H19N3O3S/c1-4-24-14-5-6-15-13(9-14)7-8-21(15)10-16(23)20-18-19-11(2)17(25-18)12(3)22/h5-9H,4,10H2,1-3H3,(H,19,20,23). The molecule has 1 N–H and O–H groups in total. The number of aromatic nitrogens is 2. The summed E-state index contributed by atoms with van der Waals surface area (Å²) in [5.41, 5.74) is 1.60. The second-order valence-electron chi connectivity index (χ2n) is 5.64. The Balaban J connectivity index is 1.73. The second-order valence-corrected chi connectivity index (χ2v) is 6.63. The first-order chi connectivity index (χ1) is 12.0. The molecule has 0 saturated carbocycles. The summed E-state index contributed by atoms with van der Waals surface area (Å²) in [6.45, 7) is 5.99. The number of nitrogens with zero attached hydrogens (tertiary/aromatic N) is 2. The second kappa shape index (κ2) is 7.06. The zero-order chi connectivity index (χ0) is 18.0. The number of thiazole rings is 1. The molecule has 0 saturated heterocycles. The van der Waals surface area contributed by atoms with Crippen LogP contribution in [0, 0.1) is 6.92 Å². The predicted octanol–water partition coefficient (Wildman–Crippen LogP) is 3.65. The number of ketones is 1. The number of aryl methyl sites for hydroxylation is 1. The van der Waals surface area contributed by atoms with Crippen LogP contribution in [0.25, 0.3) is 10.9 Å². The largest absolute Gasteiger partial charge is 0.494 e. The molecule has 6 nitrogen and oxygen atoms in total. The van der Waals surface area contributed by atoms with E-state index in [1.807, 2.05) is 42.0 Å². The SMILES string of the molecule is CCOc1ccc2c(ccn2CC(=O)Nc2nc(C)c(C(C)=O)s2)c1. The molecule has 0 aliphatic heterocycles. The summed E-state index contributed by atoms with van der Waals surface area (Å²) in [5, 5.41) is 4.23. The molecule has 2 aromatic heterocycles. The van der Waals surface area contributed by atoms with E-state index in [-0.39, 0.29) is 18.2 Å². The van der Waals surface area contributed by atoms with E-state index in [2.05, 4.69) is 10.3 Å². The lowest BCUT2D eigenvalue weighted by Crippen LogP contribution is -2.18. The van der Waals surface area contributed by atoms with Crippen molar-refractivity contribution in [3.8, 4) is 5.75 Å². The molecule has 0 fully saturated rings. The fourth-order valence-corrected chi connectivity index (χ4v) is 3.54. The van der Waals surface area contributed by atoms with Gasteiger partial charge in [0.05, 0.1) is 17.2 Å². The number of Topliss-reactive ketones (excluding diaryl/α,β-unsaturated/α-hetero) is 1. The topological polar surface area (TPSA) is 73.2 Å². The molecule has 0 atom stereocenters. The van der Waals surface area contributed by atoms with Gasteiger partial charge in [0, 0.05) is 24.0 Å². The van der Waals surface area contributed by atoms with E-state index in [4.69, 9.17) is 4.74 Å². The average Bonchev–Trinajstić information content (AvgIpc) is 3.11. The highest BCUT2D eigenvalue weighted by molar-refractivity contribution is 7.17. The first kappa shape index (κ1) is 17.2. The van der Waals surface area contributed by atoms with E-state index in [9.17, 15) is 9.59 Å². The molecule has 0 unspecified atom stereocenters. The highest BCUT2D eigenvalue weighted by Gasteiger charge is 2.14. The van der Waals surface area contributed by atoms with Crippen LogP contribution < -0.4 is 10.1 Å². The maximum atomic E-state index is 12.3. The van der Waals surface area contributed by atoms with Gasteiger partial charge >= 0.3 is 0 Å². The van der Waals surface area contributed by atoms with Gasteiger partial charge in [0.1, 0.15) is 12.3 Å². The van der Waals surface area contributed by atoms with Crippen molar-refractivity contribution in [2.75, 3.05) is 11.9 Å². The molecular weight excluding hydrogens is 338 g/mol. The Morgan fingerprint density at radius 3 is 2.80 bits per heavy atom. The summed E-state index contributed by atoms with van der Waals surface area (Å²) in [6, 6.07) is 7.74. The van der Waals surface area contributed by atoms with E-state index in [0.717, 1.165) is 16.7 Å². The van der Waals surface area contributed by atoms with Crippen molar-refractivity contribution in [1.82, 2.24) is 9.55 Å². The van der Waals surface area contributed by atoms with Crippen LogP contribution in [-0.2, 0) is 11.3 Å². The zero-order valence-electron chi connectivity index (χ0n) is 14.3. The Morgan fingerprint density at radius 1 is 1.32 bits per heavy atom. The fourth-order valence-electron chi connectivity index (χ4n) is 2.66. The van der Waals surface area contributed by atoms with E-state index in [1.54, 1.807) is 6.92 Å². The van der Waals surface area contributed by atoms with E-state index in [1.165, 1.54) is 18.3 Å². The first-order valence-corrected chi connectivity index (χ1v) is 8.79. The summed E-state index contributed by atoms with van der Waals surface area (Å²) in [4.78, 5) is 28.6. The molecule has 0 radical (unpaired) electrons. The quantitative estimate of drug-likeness (QED) is 0.684. The van der Waals surface area contributed by atoms with Gasteiger partial charge in [0.25, 0.3) is 0 Å². The third-order valence-electron chi connectivity index (χ3n) is 3.73. The van der Waals surface area contributed by atoms with Crippen molar-refractivity contribution in [2.24, 2.45) is 0 Å². The van der Waals surface area contributed by atoms with Crippen molar-refractivity contribution < 1.29 is 14.3 Å². The van der Waals surface area contributed by atoms with Gasteiger partial charge in [0.15, 0.2) is 10.9 Å². The average molecular weight is 357 g/mol. The number of anilines is 1. The molecule has 7 heteroatoms. The molecule has 0 bridgehead atoms. The van der Waals surface area contributed by atoms with Crippen LogP contribution in [0.15, 0.2) is 30.5 Å². The molecule has 1 aromatic carbocycles. The van der Waals surface area contributed by atoms with Crippen LogP contribution in [0.3, 0.4) is 0 Å². The molecule has 2 heterocycles. The lowest BCUT2D eigenvalue weighted by atomic mass is 10.2. The van der Waals surface area contributed by atoms with Crippen LogP contribution >= 0.6 is 11.3 Å². The molecule has 25 heavy (non-hydrogen) atoms. The van der Waals surface area contributed by atoms with Crippen molar-refractivity contribution >= 4 is 39.1 Å². The van der Waals surface area contributed by atoms with Crippen LogP contribution in [0.4, 0.5) is 5.13 Å². The Hall–Kier alpha value is -2.67. The van der Waals surface area contributed by atoms with Crippen molar-refractivity contribution in [1.29, 1.82) is 0 Å². The van der Waals surface area contributed by atoms with E-state index >= 15 is 0 Å². The molecule has 1 amide bonds. The van der Waals surface area contributed by atoms with Gasteiger partial charge in [-0.1, -0.05) is 11.3 Å². The number of hydrogen-bond acceptors (Lipinski definition) is 5. The smallest absolute Gasteiger partial charge is 0.246 e. The lowest BCUT2D eigenvalue weighted by molar-refractivity contribution is -0.116. The fraction of sp³-hybridized carbons (Fsp3) is 0.278. The van der Waals surface area contributed by atoms with Crippen LogP contribution in [-0.4, -0.2) is 27.8 Å². The normalized spacial score (nSPS) is 10.8. The minimum atomic E-state index is -0.185. The first-order valence-electron chi connectivity index (χ1n) is 7.98. The zero-order valence-corrected chi connectivity index (χ0v) is 15.1. The van der Waals surface area contributed by atoms with Gasteiger partial charge < -0.3 is 14.6 Å². The molecular formula is C18H19N3O3S. The highest BCUT2D eigenvalue weighted by Crippen LogP contribution is 2.24. The summed E-state index contributed by atoms with van der Waals surface area (Å²) in [5.74, 6) is 0.583. The number of carbonyl (C=O) groups is 2. The number of ether oxygens (including phenoxy) is 1. The molecule has 0 aliphatic carbocycles. The van der Waals surface area contributed by atoms with Crippen LogP contribution in [0.1, 0.15) is 29.2 Å². The van der Waals surface area contributed by atoms with E-state index in [0.29, 0.717) is 22.3 Å². The minimum absolute atomic E-state index is 0.0444. The van der Waals surface area contributed by atoms with Gasteiger partial charge in [-0.15, -0.1) is 0 Å². The predicted molar refractivity (Wildman–Crippen MR) is 98.6 cm³/mol. The Morgan fingerprint density at radius 2 is 2.12 bits per heavy atom. The van der Waals surface area contributed by atoms with Crippen LogP contribution in [0.2, 0.25) is 0 Å². The molecule has 130 valence electrons. The summed E-state index contributed by atoms with van der Waals surface area (Å²) in [7, 11) is 0. The molecule has 0 aliphatic rings. The number of nitrogens with one attached hydrogen (secondary N) is 1. The maximum Gasteiger partial charge on any atom is 0.246 e. The summed E-state index contributed by atoms with van der Waals surface area (Å²) >= 11 is 1.20. The van der Waals surface area contributed by atoms with Gasteiger partial charge in [-0.05, 0) is 38.1 Å². The number of amides is 1. The third-order valence-corrected chi connectivity index (χ3v) is 4.90. The van der Waals surface area contributed by atoms with Gasteiger partial charge in [-0.3, -0.25) is 9.59 Å². The number of benzene rings is 1. The Labute approximate surface area is 149 Å². The van der Waals surface area contributed by atoms with Crippen molar-refractivity contribution in [3.63, 3.8) is 0 Å². The molecule has 3 rings (SSSR count). The minimum Gasteiger partial charge on any atom is -0.494 e. The van der Waals surface area contributed by atoms with E-state index < -0.39 is 0 Å². The summed E-state index contributed by atoms with van der Waals surface area (Å²) in [6.07, 6.45) is 1.87. The Bertz CT molecular complexity index is 942. The van der Waals surface area contributed by atoms with Crippen molar-refractivity contribution in [3.05, 3.63) is 41.0 Å². The maximum absolute atomic E-state index is 12.3. The molecule has 0 spiro atoms. The van der Waals surface area contributed by atoms with Gasteiger partial charge in [-0.2, -0.15) is 0 Å². The third kappa shape index (κ3) is 3.71. The van der Waals surface area contributed by atoms with Crippen molar-refractivity contribution in [2.45, 2.75) is 27.3 Å². The Kier molecular flexibility index (Phi) is 4.85. The summed E-state index contributed by atoms with van der Waals surface area (Å²) < 4.78 is 7.36. The number of hydrogen-bond donors (Lipinski definition) is 1.